The number of azide groups is 1. The van der Waals surface area contributed by atoms with Crippen molar-refractivity contribution in [3.63, 3.8) is 0 Å². The fraction of sp³-hybridized carbons (Fsp3) is 0.280. The molecule has 0 unspecified atom stereocenters. The average Bonchev–Trinajstić information content (AvgIpc) is 2.84. The summed E-state index contributed by atoms with van der Waals surface area (Å²) in [5.74, 6) is 0. The number of aliphatic hydroxyl groups excluding tert-OH is 1. The van der Waals surface area contributed by atoms with Crippen LogP contribution in [0.25, 0.3) is 10.4 Å². The molecule has 0 radical (unpaired) electrons. The molecule has 0 amide bonds. The van der Waals surface area contributed by atoms with Gasteiger partial charge in [0.05, 0.1) is 31.5 Å². The first-order valence-electron chi connectivity index (χ1n) is 10.4. The van der Waals surface area contributed by atoms with Crippen molar-refractivity contribution in [1.29, 1.82) is 0 Å². The van der Waals surface area contributed by atoms with Crippen molar-refractivity contribution in [3.8, 4) is 0 Å². The Kier molecular flexibility index (Phi) is 6.65. The molecule has 0 aliphatic carbocycles. The van der Waals surface area contributed by atoms with Gasteiger partial charge in [-0.25, -0.2) is 0 Å². The zero-order valence-electron chi connectivity index (χ0n) is 17.1. The largest absolute Gasteiger partial charge is 0.390 e. The summed E-state index contributed by atoms with van der Waals surface area (Å²) in [6.07, 6.45) is -0.691. The molecule has 3 aromatic carbocycles. The van der Waals surface area contributed by atoms with Crippen molar-refractivity contribution in [2.75, 3.05) is 13.2 Å². The van der Waals surface area contributed by atoms with Crippen molar-refractivity contribution in [2.45, 2.75) is 30.3 Å². The summed E-state index contributed by atoms with van der Waals surface area (Å²) in [4.78, 5) is 2.86. The second-order valence-corrected chi connectivity index (χ2v) is 7.62. The van der Waals surface area contributed by atoms with Gasteiger partial charge in [-0.05, 0) is 28.6 Å². The summed E-state index contributed by atoms with van der Waals surface area (Å²) >= 11 is 0. The van der Waals surface area contributed by atoms with Gasteiger partial charge in [-0.1, -0.05) is 96.1 Å². The minimum Gasteiger partial charge on any atom is -0.390 e. The molecule has 0 aromatic heterocycles. The maximum Gasteiger partial charge on any atom is 0.143 e. The fourth-order valence-corrected chi connectivity index (χ4v) is 4.13. The summed E-state index contributed by atoms with van der Waals surface area (Å²) in [6.45, 7) is 0.398. The van der Waals surface area contributed by atoms with Crippen molar-refractivity contribution in [2.24, 2.45) is 5.11 Å². The second-order valence-electron chi connectivity index (χ2n) is 7.62. The van der Waals surface area contributed by atoms with Crippen LogP contribution in [0.1, 0.15) is 23.1 Å². The normalized spacial score (nSPS) is 21.3. The molecule has 0 bridgehead atoms. The van der Waals surface area contributed by atoms with E-state index in [1.165, 1.54) is 0 Å². The quantitative estimate of drug-likeness (QED) is 0.260. The molecule has 3 atom stereocenters. The number of hydrogen-bond donors (Lipinski definition) is 1. The molecule has 0 saturated carbocycles. The highest BCUT2D eigenvalue weighted by Crippen LogP contribution is 2.40. The molecule has 1 saturated heterocycles. The van der Waals surface area contributed by atoms with Gasteiger partial charge in [0.25, 0.3) is 0 Å². The molecule has 1 heterocycles. The average molecular weight is 415 g/mol. The van der Waals surface area contributed by atoms with E-state index in [1.807, 2.05) is 54.6 Å². The van der Waals surface area contributed by atoms with Crippen LogP contribution in [0.15, 0.2) is 96.1 Å². The Bertz CT molecular complexity index is 911. The van der Waals surface area contributed by atoms with E-state index in [1.54, 1.807) is 0 Å². The molecule has 1 N–H and O–H groups in total. The van der Waals surface area contributed by atoms with Gasteiger partial charge in [0.2, 0.25) is 0 Å². The maximum absolute atomic E-state index is 10.0. The van der Waals surface area contributed by atoms with Crippen LogP contribution in [0.2, 0.25) is 0 Å². The summed E-state index contributed by atoms with van der Waals surface area (Å²) in [5, 5.41) is 13.8. The highest BCUT2D eigenvalue weighted by molar-refractivity contribution is 5.47. The van der Waals surface area contributed by atoms with Crippen molar-refractivity contribution in [1.82, 2.24) is 0 Å². The number of nitrogens with zero attached hydrogens (tertiary/aromatic N) is 3. The van der Waals surface area contributed by atoms with Gasteiger partial charge >= 0.3 is 0 Å². The molecular weight excluding hydrogens is 390 g/mol. The van der Waals surface area contributed by atoms with Crippen molar-refractivity contribution >= 4 is 0 Å². The first-order valence-corrected chi connectivity index (χ1v) is 10.4. The minimum absolute atomic E-state index is 0.118. The Morgan fingerprint density at radius 1 is 0.903 bits per heavy atom. The number of hydrogen-bond acceptors (Lipinski definition) is 4. The first kappa shape index (κ1) is 21.1. The van der Waals surface area contributed by atoms with Crippen LogP contribution in [0.4, 0.5) is 0 Å². The van der Waals surface area contributed by atoms with Crippen LogP contribution in [0, 0.1) is 0 Å². The Morgan fingerprint density at radius 3 is 1.84 bits per heavy atom. The van der Waals surface area contributed by atoms with E-state index >= 15 is 0 Å². The van der Waals surface area contributed by atoms with Gasteiger partial charge in [-0.2, -0.15) is 0 Å². The van der Waals surface area contributed by atoms with Crippen LogP contribution in [-0.4, -0.2) is 36.6 Å². The van der Waals surface area contributed by atoms with Gasteiger partial charge in [-0.3, -0.25) is 0 Å². The SMILES string of the molecule is [N-]=[N+]=N[C@@H]1C[C@@H](COC(c2ccccc2)(c2ccccc2)c2ccccc2)OC[C@H]1O. The van der Waals surface area contributed by atoms with Gasteiger partial charge in [0, 0.05) is 4.91 Å². The third-order valence-electron chi connectivity index (χ3n) is 5.68. The molecule has 0 spiro atoms. The number of benzene rings is 3. The Morgan fingerprint density at radius 2 is 1.39 bits per heavy atom. The van der Waals surface area contributed by atoms with Gasteiger partial charge < -0.3 is 14.6 Å². The number of ether oxygens (including phenoxy) is 2. The summed E-state index contributed by atoms with van der Waals surface area (Å²) < 4.78 is 12.6. The molecular formula is C25H25N3O3. The maximum atomic E-state index is 10.0. The second kappa shape index (κ2) is 9.77. The number of rotatable bonds is 7. The van der Waals surface area contributed by atoms with E-state index in [-0.39, 0.29) is 19.3 Å². The molecule has 31 heavy (non-hydrogen) atoms. The zero-order chi connectivity index (χ0) is 21.5. The van der Waals surface area contributed by atoms with Gasteiger partial charge in [0.1, 0.15) is 5.60 Å². The molecule has 1 fully saturated rings. The van der Waals surface area contributed by atoms with Crippen LogP contribution >= 0.6 is 0 Å². The van der Waals surface area contributed by atoms with E-state index in [2.05, 4.69) is 46.4 Å². The lowest BCUT2D eigenvalue weighted by Gasteiger charge is -2.38. The molecule has 6 heteroatoms. The zero-order valence-corrected chi connectivity index (χ0v) is 17.1. The highest BCUT2D eigenvalue weighted by atomic mass is 16.5. The predicted molar refractivity (Wildman–Crippen MR) is 118 cm³/mol. The minimum atomic E-state index is -0.836. The molecule has 1 aliphatic rings. The monoisotopic (exact) mass is 415 g/mol. The third kappa shape index (κ3) is 4.48. The lowest BCUT2D eigenvalue weighted by molar-refractivity contribution is -0.115. The van der Waals surface area contributed by atoms with Crippen molar-refractivity contribution < 1.29 is 14.6 Å². The molecule has 1 aliphatic heterocycles. The molecule has 4 rings (SSSR count). The van der Waals surface area contributed by atoms with E-state index < -0.39 is 17.7 Å². The topological polar surface area (TPSA) is 87.5 Å². The van der Waals surface area contributed by atoms with Crippen LogP contribution in [0.3, 0.4) is 0 Å². The predicted octanol–water partition coefficient (Wildman–Crippen LogP) is 4.82. The Balaban J connectivity index is 1.73. The van der Waals surface area contributed by atoms with Crippen LogP contribution < -0.4 is 0 Å². The van der Waals surface area contributed by atoms with Gasteiger partial charge in [0.15, 0.2) is 0 Å². The standard InChI is InChI=1S/C25H25N3O3/c26-28-27-23-16-22(30-18-24(23)29)17-31-25(19-10-4-1-5-11-19,20-12-6-2-7-13-20)21-14-8-3-9-15-21/h1-15,22-24,29H,16-18H2/t22-,23+,24+/m0/s1. The molecule has 158 valence electrons. The fourth-order valence-electron chi connectivity index (χ4n) is 4.13. The van der Waals surface area contributed by atoms with Crippen LogP contribution in [0.5, 0.6) is 0 Å². The Hall–Kier alpha value is -3.15. The lowest BCUT2D eigenvalue weighted by Crippen LogP contribution is -2.44. The van der Waals surface area contributed by atoms with Crippen molar-refractivity contribution in [3.05, 3.63) is 118 Å². The van der Waals surface area contributed by atoms with Gasteiger partial charge in [-0.15, -0.1) is 0 Å². The number of aliphatic hydroxyl groups is 1. The third-order valence-corrected chi connectivity index (χ3v) is 5.68. The van der Waals surface area contributed by atoms with E-state index in [0.717, 1.165) is 16.7 Å². The Labute approximate surface area is 181 Å². The van der Waals surface area contributed by atoms with E-state index in [0.29, 0.717) is 6.42 Å². The molecule has 6 nitrogen and oxygen atoms in total. The lowest BCUT2D eigenvalue weighted by atomic mass is 9.80. The summed E-state index contributed by atoms with van der Waals surface area (Å²) in [7, 11) is 0. The smallest absolute Gasteiger partial charge is 0.143 e. The first-order chi connectivity index (χ1) is 15.2. The van der Waals surface area contributed by atoms with Crippen LogP contribution in [-0.2, 0) is 15.1 Å². The highest BCUT2D eigenvalue weighted by Gasteiger charge is 2.39. The summed E-state index contributed by atoms with van der Waals surface area (Å²) in [5.41, 5.74) is 11.0. The molecule has 3 aromatic rings. The summed E-state index contributed by atoms with van der Waals surface area (Å²) in [6, 6.07) is 29.8. The van der Waals surface area contributed by atoms with E-state index in [9.17, 15) is 5.11 Å². The van der Waals surface area contributed by atoms with E-state index in [4.69, 9.17) is 15.0 Å².